The Labute approximate surface area is 156 Å². The number of rotatable bonds is 6. The SMILES string of the molecule is COC(=O)c1ccc(OC(=O)COc2ccc3ccccc3c2)c(OC)c1. The molecule has 0 spiro atoms. The fourth-order valence-corrected chi connectivity index (χ4v) is 2.55. The molecule has 0 saturated carbocycles. The van der Waals surface area contributed by atoms with E-state index in [1.807, 2.05) is 36.4 Å². The molecule has 0 aliphatic rings. The molecule has 0 amide bonds. The number of carbonyl (C=O) groups is 2. The van der Waals surface area contributed by atoms with Gasteiger partial charge in [-0.05, 0) is 41.1 Å². The van der Waals surface area contributed by atoms with Crippen LogP contribution in [0.25, 0.3) is 10.8 Å². The molecule has 0 bridgehead atoms. The first-order valence-corrected chi connectivity index (χ1v) is 8.19. The van der Waals surface area contributed by atoms with E-state index in [1.54, 1.807) is 6.07 Å². The minimum Gasteiger partial charge on any atom is -0.493 e. The van der Waals surface area contributed by atoms with Crippen LogP contribution in [0.15, 0.2) is 60.7 Å². The molecule has 0 aliphatic carbocycles. The molecule has 6 nitrogen and oxygen atoms in total. The molecule has 0 fully saturated rings. The zero-order chi connectivity index (χ0) is 19.2. The summed E-state index contributed by atoms with van der Waals surface area (Å²) in [6, 6.07) is 17.8. The number of carbonyl (C=O) groups excluding carboxylic acids is 2. The van der Waals surface area contributed by atoms with Crippen LogP contribution in [-0.4, -0.2) is 32.8 Å². The quantitative estimate of drug-likeness (QED) is 0.490. The Bertz CT molecular complexity index is 979. The van der Waals surface area contributed by atoms with Gasteiger partial charge in [0.15, 0.2) is 18.1 Å². The topological polar surface area (TPSA) is 71.1 Å². The van der Waals surface area contributed by atoms with Gasteiger partial charge in [-0.25, -0.2) is 9.59 Å². The third-order valence-corrected chi connectivity index (χ3v) is 3.89. The van der Waals surface area contributed by atoms with Crippen molar-refractivity contribution in [3.63, 3.8) is 0 Å². The number of esters is 2. The molecule has 27 heavy (non-hydrogen) atoms. The molecule has 0 saturated heterocycles. The third kappa shape index (κ3) is 4.36. The minimum absolute atomic E-state index is 0.192. The average Bonchev–Trinajstić information content (AvgIpc) is 2.71. The van der Waals surface area contributed by atoms with Gasteiger partial charge in [-0.3, -0.25) is 0 Å². The second-order valence-corrected chi connectivity index (χ2v) is 5.63. The van der Waals surface area contributed by atoms with Crippen LogP contribution in [0.4, 0.5) is 0 Å². The molecule has 0 N–H and O–H groups in total. The highest BCUT2D eigenvalue weighted by molar-refractivity contribution is 5.90. The number of hydrogen-bond acceptors (Lipinski definition) is 6. The van der Waals surface area contributed by atoms with Crippen molar-refractivity contribution in [3.8, 4) is 17.2 Å². The fourth-order valence-electron chi connectivity index (χ4n) is 2.55. The van der Waals surface area contributed by atoms with Gasteiger partial charge in [-0.2, -0.15) is 0 Å². The molecule has 3 aromatic rings. The minimum atomic E-state index is -0.590. The van der Waals surface area contributed by atoms with Gasteiger partial charge in [0.25, 0.3) is 0 Å². The summed E-state index contributed by atoms with van der Waals surface area (Å²) in [5.41, 5.74) is 0.293. The summed E-state index contributed by atoms with van der Waals surface area (Å²) < 4.78 is 20.6. The molecule has 0 aromatic heterocycles. The maximum absolute atomic E-state index is 12.1. The van der Waals surface area contributed by atoms with Crippen LogP contribution in [0.3, 0.4) is 0 Å². The summed E-state index contributed by atoms with van der Waals surface area (Å²) in [7, 11) is 2.70. The second-order valence-electron chi connectivity index (χ2n) is 5.63. The fraction of sp³-hybridized carbons (Fsp3) is 0.143. The van der Waals surface area contributed by atoms with E-state index < -0.39 is 11.9 Å². The van der Waals surface area contributed by atoms with Gasteiger partial charge < -0.3 is 18.9 Å². The lowest BCUT2D eigenvalue weighted by Crippen LogP contribution is -2.18. The van der Waals surface area contributed by atoms with E-state index >= 15 is 0 Å². The Hall–Kier alpha value is -3.54. The van der Waals surface area contributed by atoms with Crippen LogP contribution in [0.1, 0.15) is 10.4 Å². The predicted octanol–water partition coefficient (Wildman–Crippen LogP) is 3.62. The first-order valence-electron chi connectivity index (χ1n) is 8.19. The highest BCUT2D eigenvalue weighted by Gasteiger charge is 2.14. The number of methoxy groups -OCH3 is 2. The van der Waals surface area contributed by atoms with E-state index in [0.29, 0.717) is 11.3 Å². The van der Waals surface area contributed by atoms with Crippen molar-refractivity contribution >= 4 is 22.7 Å². The summed E-state index contributed by atoms with van der Waals surface area (Å²) in [6.45, 7) is -0.264. The van der Waals surface area contributed by atoms with Crippen molar-refractivity contribution in [2.45, 2.75) is 0 Å². The molecule has 0 unspecified atom stereocenters. The van der Waals surface area contributed by atoms with Gasteiger partial charge in [-0.1, -0.05) is 30.3 Å². The Morgan fingerprint density at radius 1 is 0.852 bits per heavy atom. The Balaban J connectivity index is 1.65. The summed E-state index contributed by atoms with van der Waals surface area (Å²) in [6.07, 6.45) is 0. The molecule has 0 heterocycles. The van der Waals surface area contributed by atoms with Crippen molar-refractivity contribution in [3.05, 3.63) is 66.2 Å². The number of hydrogen-bond donors (Lipinski definition) is 0. The highest BCUT2D eigenvalue weighted by atomic mass is 16.6. The third-order valence-electron chi connectivity index (χ3n) is 3.89. The van der Waals surface area contributed by atoms with Crippen molar-refractivity contribution in [1.29, 1.82) is 0 Å². The molecule has 6 heteroatoms. The molecule has 0 atom stereocenters. The van der Waals surface area contributed by atoms with Crippen molar-refractivity contribution in [2.75, 3.05) is 20.8 Å². The van der Waals surface area contributed by atoms with E-state index in [1.165, 1.54) is 32.4 Å². The predicted molar refractivity (Wildman–Crippen MR) is 99.4 cm³/mol. The number of ether oxygens (including phenoxy) is 4. The first-order chi connectivity index (χ1) is 13.1. The molecule has 3 rings (SSSR count). The standard InChI is InChI=1S/C21H18O6/c1-24-19-12-16(21(23)25-2)8-10-18(19)27-20(22)13-26-17-9-7-14-5-3-4-6-15(14)11-17/h3-12H,13H2,1-2H3. The molecular formula is C21H18O6. The van der Waals surface area contributed by atoms with E-state index in [0.717, 1.165) is 10.8 Å². The van der Waals surface area contributed by atoms with Gasteiger partial charge in [-0.15, -0.1) is 0 Å². The molecule has 0 radical (unpaired) electrons. The van der Waals surface area contributed by atoms with Crippen molar-refractivity contribution in [2.24, 2.45) is 0 Å². The van der Waals surface area contributed by atoms with E-state index in [2.05, 4.69) is 4.74 Å². The normalized spacial score (nSPS) is 10.3. The lowest BCUT2D eigenvalue weighted by molar-refractivity contribution is -0.136. The van der Waals surface area contributed by atoms with Crippen LogP contribution in [0.2, 0.25) is 0 Å². The Kier molecular flexibility index (Phi) is 5.56. The van der Waals surface area contributed by atoms with Crippen molar-refractivity contribution in [1.82, 2.24) is 0 Å². The van der Waals surface area contributed by atoms with Gasteiger partial charge in [0, 0.05) is 0 Å². The molecular weight excluding hydrogens is 348 g/mol. The van der Waals surface area contributed by atoms with E-state index in [9.17, 15) is 9.59 Å². The zero-order valence-corrected chi connectivity index (χ0v) is 14.9. The maximum atomic E-state index is 12.1. The zero-order valence-electron chi connectivity index (χ0n) is 14.9. The molecule has 138 valence electrons. The average molecular weight is 366 g/mol. The monoisotopic (exact) mass is 366 g/mol. The summed E-state index contributed by atoms with van der Waals surface area (Å²) in [4.78, 5) is 23.7. The smallest absolute Gasteiger partial charge is 0.349 e. The lowest BCUT2D eigenvalue weighted by Gasteiger charge is -2.11. The van der Waals surface area contributed by atoms with Crippen molar-refractivity contribution < 1.29 is 28.5 Å². The van der Waals surface area contributed by atoms with Crippen LogP contribution in [-0.2, 0) is 9.53 Å². The Morgan fingerprint density at radius 2 is 1.63 bits per heavy atom. The van der Waals surface area contributed by atoms with Gasteiger partial charge >= 0.3 is 11.9 Å². The highest BCUT2D eigenvalue weighted by Crippen LogP contribution is 2.28. The Morgan fingerprint density at radius 3 is 2.37 bits per heavy atom. The second kappa shape index (κ2) is 8.23. The summed E-state index contributed by atoms with van der Waals surface area (Å²) in [5.74, 6) is -0.0917. The summed E-state index contributed by atoms with van der Waals surface area (Å²) >= 11 is 0. The van der Waals surface area contributed by atoms with Crippen LogP contribution >= 0.6 is 0 Å². The largest absolute Gasteiger partial charge is 0.493 e. The van der Waals surface area contributed by atoms with Gasteiger partial charge in [0.1, 0.15) is 5.75 Å². The summed E-state index contributed by atoms with van der Waals surface area (Å²) in [5, 5.41) is 2.10. The van der Waals surface area contributed by atoms with E-state index in [4.69, 9.17) is 14.2 Å². The van der Waals surface area contributed by atoms with Gasteiger partial charge in [0.05, 0.1) is 19.8 Å². The van der Waals surface area contributed by atoms with Gasteiger partial charge in [0.2, 0.25) is 0 Å². The first kappa shape index (κ1) is 18.3. The number of fused-ring (bicyclic) bond motifs is 1. The van der Waals surface area contributed by atoms with E-state index in [-0.39, 0.29) is 18.1 Å². The number of benzene rings is 3. The molecule has 0 aliphatic heterocycles. The lowest BCUT2D eigenvalue weighted by atomic mass is 10.1. The molecule has 3 aromatic carbocycles. The maximum Gasteiger partial charge on any atom is 0.349 e. The van der Waals surface area contributed by atoms with Crippen LogP contribution in [0.5, 0.6) is 17.2 Å². The van der Waals surface area contributed by atoms with Crippen LogP contribution in [0, 0.1) is 0 Å². The van der Waals surface area contributed by atoms with Crippen LogP contribution < -0.4 is 14.2 Å².